The second-order valence-corrected chi connectivity index (χ2v) is 11.1. The molecule has 0 amide bonds. The van der Waals surface area contributed by atoms with E-state index in [2.05, 4.69) is 186 Å². The predicted octanol–water partition coefficient (Wildman–Crippen LogP) is 11.5. The van der Waals surface area contributed by atoms with E-state index in [1.807, 2.05) is 0 Å². The first-order valence-electron chi connectivity index (χ1n) is 15.0. The minimum absolute atomic E-state index is 1.05. The Kier molecular flexibility index (Phi) is 6.51. The summed E-state index contributed by atoms with van der Waals surface area (Å²) in [7, 11) is 0. The fourth-order valence-electron chi connectivity index (χ4n) is 6.25. The van der Waals surface area contributed by atoms with Crippen molar-refractivity contribution >= 4 is 33.2 Å². The summed E-state index contributed by atoms with van der Waals surface area (Å²) in [6.07, 6.45) is 0. The van der Waals surface area contributed by atoms with E-state index in [0.29, 0.717) is 0 Å². The normalized spacial score (nSPS) is 11.2. The number of fused-ring (bicyclic) bond motifs is 3. The molecule has 1 N–H and O–H groups in total. The van der Waals surface area contributed by atoms with Crippen LogP contribution < -0.4 is 5.32 Å². The minimum atomic E-state index is 1.05. The number of rotatable bonds is 6. The van der Waals surface area contributed by atoms with Gasteiger partial charge in [-0.25, -0.2) is 0 Å². The van der Waals surface area contributed by atoms with Crippen LogP contribution in [-0.2, 0) is 0 Å². The summed E-state index contributed by atoms with van der Waals surface area (Å²) in [6.45, 7) is 0. The van der Waals surface area contributed by atoms with Gasteiger partial charge in [0.05, 0.1) is 11.0 Å². The second kappa shape index (κ2) is 11.1. The zero-order valence-corrected chi connectivity index (χ0v) is 24.2. The molecule has 44 heavy (non-hydrogen) atoms. The van der Waals surface area contributed by atoms with Crippen LogP contribution in [0.3, 0.4) is 0 Å². The Morgan fingerprint density at radius 1 is 0.364 bits per heavy atom. The van der Waals surface area contributed by atoms with Gasteiger partial charge in [0.15, 0.2) is 0 Å². The van der Waals surface area contributed by atoms with E-state index in [4.69, 9.17) is 0 Å². The van der Waals surface area contributed by atoms with E-state index in [9.17, 15) is 0 Å². The van der Waals surface area contributed by atoms with Crippen LogP contribution in [0, 0.1) is 0 Å². The molecule has 0 aliphatic carbocycles. The third kappa shape index (κ3) is 4.73. The van der Waals surface area contributed by atoms with Crippen LogP contribution in [0.1, 0.15) is 0 Å². The van der Waals surface area contributed by atoms with Crippen molar-refractivity contribution in [1.29, 1.82) is 0 Å². The monoisotopic (exact) mass is 562 g/mol. The highest BCUT2D eigenvalue weighted by Gasteiger charge is 2.17. The van der Waals surface area contributed by atoms with Crippen LogP contribution >= 0.6 is 0 Å². The van der Waals surface area contributed by atoms with Crippen molar-refractivity contribution in [2.24, 2.45) is 0 Å². The average Bonchev–Trinajstić information content (AvgIpc) is 3.42. The smallest absolute Gasteiger partial charge is 0.0562 e. The first kappa shape index (κ1) is 25.8. The molecule has 1 aromatic heterocycles. The summed E-state index contributed by atoms with van der Waals surface area (Å²) in [5.41, 5.74) is 12.8. The lowest BCUT2D eigenvalue weighted by molar-refractivity contribution is 1.18. The fourth-order valence-corrected chi connectivity index (χ4v) is 6.25. The van der Waals surface area contributed by atoms with Crippen molar-refractivity contribution in [2.75, 3.05) is 5.32 Å². The van der Waals surface area contributed by atoms with Gasteiger partial charge in [-0.1, -0.05) is 133 Å². The maximum absolute atomic E-state index is 3.81. The maximum Gasteiger partial charge on any atom is 0.0562 e. The molecule has 0 unspecified atom stereocenters. The highest BCUT2D eigenvalue weighted by molar-refractivity contribution is 6.12. The molecule has 0 bridgehead atoms. The lowest BCUT2D eigenvalue weighted by Crippen LogP contribution is -1.97. The number of hydrogen-bond acceptors (Lipinski definition) is 1. The Labute approximate surface area is 257 Å². The molecule has 0 atom stereocenters. The second-order valence-electron chi connectivity index (χ2n) is 11.1. The number of aromatic nitrogens is 1. The summed E-state index contributed by atoms with van der Waals surface area (Å²) in [6, 6.07) is 62.7. The fraction of sp³-hybridized carbons (Fsp3) is 0. The highest BCUT2D eigenvalue weighted by Crippen LogP contribution is 2.40. The molecule has 0 spiro atoms. The molecule has 0 radical (unpaired) electrons. The molecule has 8 rings (SSSR count). The Hall–Kier alpha value is -5.86. The van der Waals surface area contributed by atoms with Gasteiger partial charge in [-0.15, -0.1) is 0 Å². The van der Waals surface area contributed by atoms with Crippen molar-refractivity contribution in [3.63, 3.8) is 0 Å². The van der Waals surface area contributed by atoms with Crippen LogP contribution in [0.25, 0.3) is 60.9 Å². The minimum Gasteiger partial charge on any atom is -0.355 e. The maximum atomic E-state index is 3.81. The van der Waals surface area contributed by atoms with Crippen LogP contribution in [0.2, 0.25) is 0 Å². The van der Waals surface area contributed by atoms with Gasteiger partial charge in [-0.05, 0) is 70.3 Å². The molecule has 0 aliphatic rings. The largest absolute Gasteiger partial charge is 0.355 e. The van der Waals surface area contributed by atoms with Crippen LogP contribution in [-0.4, -0.2) is 4.57 Å². The van der Waals surface area contributed by atoms with E-state index in [1.54, 1.807) is 0 Å². The topological polar surface area (TPSA) is 17.0 Å². The number of anilines is 2. The lowest BCUT2D eigenvalue weighted by atomic mass is 10.00. The first-order valence-corrected chi connectivity index (χ1v) is 15.0. The third-order valence-electron chi connectivity index (χ3n) is 8.38. The molecule has 0 fully saturated rings. The predicted molar refractivity (Wildman–Crippen MR) is 187 cm³/mol. The van der Waals surface area contributed by atoms with Gasteiger partial charge in [0, 0.05) is 33.4 Å². The molecular weight excluding hydrogens is 532 g/mol. The number of benzene rings is 7. The van der Waals surface area contributed by atoms with Crippen molar-refractivity contribution < 1.29 is 0 Å². The van der Waals surface area contributed by atoms with Crippen molar-refractivity contribution in [2.45, 2.75) is 0 Å². The van der Waals surface area contributed by atoms with Gasteiger partial charge < -0.3 is 9.88 Å². The molecule has 0 saturated heterocycles. The van der Waals surface area contributed by atoms with Crippen LogP contribution in [0.4, 0.5) is 11.4 Å². The number of nitrogens with one attached hydrogen (secondary N) is 1. The lowest BCUT2D eigenvalue weighted by Gasteiger charge is -2.16. The van der Waals surface area contributed by atoms with Crippen LogP contribution in [0.5, 0.6) is 0 Å². The van der Waals surface area contributed by atoms with E-state index < -0.39 is 0 Å². The molecule has 208 valence electrons. The van der Waals surface area contributed by atoms with Gasteiger partial charge in [-0.2, -0.15) is 0 Å². The Morgan fingerprint density at radius 3 is 1.64 bits per heavy atom. The van der Waals surface area contributed by atoms with E-state index >= 15 is 0 Å². The molecule has 1 heterocycles. The third-order valence-corrected chi connectivity index (χ3v) is 8.38. The van der Waals surface area contributed by atoms with Crippen molar-refractivity contribution in [3.05, 3.63) is 176 Å². The quantitative estimate of drug-likeness (QED) is 0.213. The van der Waals surface area contributed by atoms with E-state index in [0.717, 1.165) is 17.1 Å². The number of hydrogen-bond donors (Lipinski definition) is 1. The van der Waals surface area contributed by atoms with E-state index in [-0.39, 0.29) is 0 Å². The molecular formula is C42H30N2. The molecule has 0 saturated carbocycles. The van der Waals surface area contributed by atoms with Gasteiger partial charge >= 0.3 is 0 Å². The van der Waals surface area contributed by atoms with Gasteiger partial charge in [0.1, 0.15) is 0 Å². The molecule has 7 aromatic carbocycles. The standard InChI is InChI=1S/C42H30N2/c1-4-13-30(14-5-1)32-23-25-36(26-24-32)44-41-22-11-10-21-37(41)39-28-38(33-17-8-3-9-18-33)40(29-42(39)44)43-35-20-12-19-34(27-35)31-15-6-2-7-16-31/h1-29,43H. The number of para-hydroxylation sites is 1. The molecule has 0 aliphatic heterocycles. The molecule has 2 nitrogen and oxygen atoms in total. The van der Waals surface area contributed by atoms with Gasteiger partial charge in [0.2, 0.25) is 0 Å². The summed E-state index contributed by atoms with van der Waals surface area (Å²) >= 11 is 0. The highest BCUT2D eigenvalue weighted by atomic mass is 15.0. The Bertz CT molecular complexity index is 2210. The van der Waals surface area contributed by atoms with Crippen molar-refractivity contribution in [3.8, 4) is 39.1 Å². The van der Waals surface area contributed by atoms with Gasteiger partial charge in [0.25, 0.3) is 0 Å². The summed E-state index contributed by atoms with van der Waals surface area (Å²) in [5, 5.41) is 6.29. The summed E-state index contributed by atoms with van der Waals surface area (Å²) in [4.78, 5) is 0. The van der Waals surface area contributed by atoms with Crippen LogP contribution in [0.15, 0.2) is 176 Å². The number of nitrogens with zero attached hydrogens (tertiary/aromatic N) is 1. The summed E-state index contributed by atoms with van der Waals surface area (Å²) in [5.74, 6) is 0. The summed E-state index contributed by atoms with van der Waals surface area (Å²) < 4.78 is 2.39. The zero-order valence-electron chi connectivity index (χ0n) is 24.2. The molecule has 2 heteroatoms. The Balaban J connectivity index is 1.31. The van der Waals surface area contributed by atoms with Gasteiger partial charge in [-0.3, -0.25) is 0 Å². The zero-order chi connectivity index (χ0) is 29.3. The average molecular weight is 563 g/mol. The van der Waals surface area contributed by atoms with Crippen molar-refractivity contribution in [1.82, 2.24) is 4.57 Å². The Morgan fingerprint density at radius 2 is 0.932 bits per heavy atom. The molecule has 8 aromatic rings. The SMILES string of the molecule is c1ccc(-c2ccc(-n3c4ccccc4c4cc(-c5ccccc5)c(Nc5cccc(-c6ccccc6)c5)cc43)cc2)cc1. The first-order chi connectivity index (χ1) is 21.8. The van der Waals surface area contributed by atoms with E-state index in [1.165, 1.54) is 55.2 Å².